The molecule has 1 fully saturated rings. The number of nitrogens with zero attached hydrogens (tertiary/aromatic N) is 1. The fraction of sp³-hybridized carbons (Fsp3) is 0.364. The highest BCUT2D eigenvalue weighted by Gasteiger charge is 2.19. The number of ether oxygens (including phenoxy) is 1. The quantitative estimate of drug-likeness (QED) is 0.693. The first kappa shape index (κ1) is 20.3. The van der Waals surface area contributed by atoms with Crippen LogP contribution in [0.2, 0.25) is 0 Å². The molecule has 2 aromatic rings. The normalized spacial score (nSPS) is 13.4. The van der Waals surface area contributed by atoms with E-state index in [0.29, 0.717) is 17.9 Å². The van der Waals surface area contributed by atoms with Crippen molar-refractivity contribution >= 4 is 23.6 Å². The van der Waals surface area contributed by atoms with Crippen LogP contribution >= 0.6 is 11.8 Å². The minimum atomic E-state index is -0.106. The summed E-state index contributed by atoms with van der Waals surface area (Å²) in [5, 5.41) is 2.98. The van der Waals surface area contributed by atoms with Crippen LogP contribution in [0.1, 0.15) is 28.8 Å². The summed E-state index contributed by atoms with van der Waals surface area (Å²) in [6.07, 6.45) is 2.92. The topological polar surface area (TPSA) is 58.6 Å². The van der Waals surface area contributed by atoms with Gasteiger partial charge >= 0.3 is 0 Å². The van der Waals surface area contributed by atoms with Crippen molar-refractivity contribution in [1.29, 1.82) is 0 Å². The van der Waals surface area contributed by atoms with Crippen molar-refractivity contribution in [3.05, 3.63) is 59.7 Å². The molecule has 2 aromatic carbocycles. The summed E-state index contributed by atoms with van der Waals surface area (Å²) < 4.78 is 5.16. The van der Waals surface area contributed by atoms with Gasteiger partial charge in [0.05, 0.1) is 18.4 Å². The van der Waals surface area contributed by atoms with Crippen molar-refractivity contribution in [1.82, 2.24) is 10.2 Å². The molecule has 0 saturated carbocycles. The van der Waals surface area contributed by atoms with E-state index in [2.05, 4.69) is 5.32 Å². The van der Waals surface area contributed by atoms with Crippen molar-refractivity contribution in [3.8, 4) is 5.75 Å². The Hall–Kier alpha value is -2.47. The Labute approximate surface area is 170 Å². The Balaban J connectivity index is 1.52. The molecule has 0 radical (unpaired) electrons. The number of methoxy groups -OCH3 is 1. The highest BCUT2D eigenvalue weighted by atomic mass is 32.2. The van der Waals surface area contributed by atoms with E-state index in [4.69, 9.17) is 4.74 Å². The first-order valence-electron chi connectivity index (χ1n) is 9.58. The molecule has 0 unspecified atom stereocenters. The molecule has 0 spiro atoms. The fourth-order valence-electron chi connectivity index (χ4n) is 3.19. The number of carbonyl (C=O) groups excluding carboxylic acids is 2. The van der Waals surface area contributed by atoms with Crippen molar-refractivity contribution in [2.24, 2.45) is 0 Å². The summed E-state index contributed by atoms with van der Waals surface area (Å²) in [4.78, 5) is 27.6. The third-order valence-electron chi connectivity index (χ3n) is 4.80. The lowest BCUT2D eigenvalue weighted by atomic mass is 10.1. The molecule has 0 bridgehead atoms. The Morgan fingerprint density at radius 3 is 2.50 bits per heavy atom. The summed E-state index contributed by atoms with van der Waals surface area (Å²) >= 11 is 1.44. The number of amides is 2. The second kappa shape index (κ2) is 10.2. The largest absolute Gasteiger partial charge is 0.497 e. The van der Waals surface area contributed by atoms with Crippen LogP contribution < -0.4 is 10.1 Å². The Bertz CT molecular complexity index is 802. The molecule has 2 amide bonds. The van der Waals surface area contributed by atoms with Gasteiger partial charge in [-0.3, -0.25) is 9.59 Å². The van der Waals surface area contributed by atoms with Gasteiger partial charge in [-0.2, -0.15) is 0 Å². The first-order chi connectivity index (χ1) is 13.7. The van der Waals surface area contributed by atoms with E-state index in [1.165, 1.54) is 11.8 Å². The molecule has 1 aliphatic rings. The molecule has 28 heavy (non-hydrogen) atoms. The van der Waals surface area contributed by atoms with E-state index in [1.807, 2.05) is 53.4 Å². The van der Waals surface area contributed by atoms with Crippen LogP contribution in [0.4, 0.5) is 0 Å². The van der Waals surface area contributed by atoms with Crippen molar-refractivity contribution < 1.29 is 14.3 Å². The minimum Gasteiger partial charge on any atom is -0.497 e. The smallest absolute Gasteiger partial charge is 0.252 e. The predicted molar refractivity (Wildman–Crippen MR) is 112 cm³/mol. The number of thioether (sulfide) groups is 1. The summed E-state index contributed by atoms with van der Waals surface area (Å²) in [5.74, 6) is 1.24. The van der Waals surface area contributed by atoms with Gasteiger partial charge in [-0.05, 0) is 49.1 Å². The van der Waals surface area contributed by atoms with Crippen LogP contribution in [-0.2, 0) is 11.2 Å². The maximum Gasteiger partial charge on any atom is 0.252 e. The summed E-state index contributed by atoms with van der Waals surface area (Å²) in [5.41, 5.74) is 1.76. The Morgan fingerprint density at radius 1 is 1.07 bits per heavy atom. The van der Waals surface area contributed by atoms with Crippen molar-refractivity contribution in [2.75, 3.05) is 32.5 Å². The van der Waals surface area contributed by atoms with E-state index >= 15 is 0 Å². The summed E-state index contributed by atoms with van der Waals surface area (Å²) in [6, 6.07) is 15.3. The molecular formula is C22H26N2O3S. The standard InChI is InChI=1S/C22H26N2O3S/c1-27-18-10-8-17(9-11-18)12-13-23-22(26)19-6-2-3-7-20(19)28-16-21(25)24-14-4-5-15-24/h2-3,6-11H,4-5,12-16H2,1H3,(H,23,26). The van der Waals surface area contributed by atoms with Gasteiger partial charge in [-0.15, -0.1) is 11.8 Å². The molecule has 1 saturated heterocycles. The van der Waals surface area contributed by atoms with Gasteiger partial charge in [0.1, 0.15) is 5.75 Å². The molecular weight excluding hydrogens is 372 g/mol. The molecule has 5 nitrogen and oxygen atoms in total. The highest BCUT2D eigenvalue weighted by molar-refractivity contribution is 8.00. The molecule has 6 heteroatoms. The third kappa shape index (κ3) is 5.52. The highest BCUT2D eigenvalue weighted by Crippen LogP contribution is 2.23. The van der Waals surface area contributed by atoms with Gasteiger partial charge in [-0.1, -0.05) is 24.3 Å². The van der Waals surface area contributed by atoms with E-state index in [0.717, 1.165) is 48.6 Å². The van der Waals surface area contributed by atoms with Crippen LogP contribution in [0.3, 0.4) is 0 Å². The number of benzene rings is 2. The zero-order valence-electron chi connectivity index (χ0n) is 16.1. The van der Waals surface area contributed by atoms with Gasteiger partial charge in [0, 0.05) is 24.5 Å². The van der Waals surface area contributed by atoms with Crippen molar-refractivity contribution in [2.45, 2.75) is 24.2 Å². The molecule has 1 aliphatic heterocycles. The van der Waals surface area contributed by atoms with Gasteiger partial charge in [-0.25, -0.2) is 0 Å². The monoisotopic (exact) mass is 398 g/mol. The third-order valence-corrected chi connectivity index (χ3v) is 5.86. The lowest BCUT2D eigenvalue weighted by molar-refractivity contribution is -0.127. The molecule has 1 heterocycles. The number of likely N-dealkylation sites (tertiary alicyclic amines) is 1. The van der Waals surface area contributed by atoms with Gasteiger partial charge in [0.15, 0.2) is 0 Å². The lowest BCUT2D eigenvalue weighted by Crippen LogP contribution is -2.29. The average molecular weight is 399 g/mol. The first-order valence-corrected chi connectivity index (χ1v) is 10.6. The van der Waals surface area contributed by atoms with E-state index in [9.17, 15) is 9.59 Å². The summed E-state index contributed by atoms with van der Waals surface area (Å²) in [7, 11) is 1.64. The van der Waals surface area contributed by atoms with Gasteiger partial charge in [0.2, 0.25) is 5.91 Å². The number of hydrogen-bond donors (Lipinski definition) is 1. The fourth-order valence-corrected chi connectivity index (χ4v) is 4.14. The van der Waals surface area contributed by atoms with E-state index < -0.39 is 0 Å². The molecule has 0 atom stereocenters. The maximum absolute atomic E-state index is 12.6. The zero-order valence-corrected chi connectivity index (χ0v) is 17.0. The molecule has 148 valence electrons. The van der Waals surface area contributed by atoms with Gasteiger partial charge in [0.25, 0.3) is 5.91 Å². The van der Waals surface area contributed by atoms with Crippen molar-refractivity contribution in [3.63, 3.8) is 0 Å². The zero-order chi connectivity index (χ0) is 19.8. The number of carbonyl (C=O) groups is 2. The molecule has 0 aromatic heterocycles. The van der Waals surface area contributed by atoms with E-state index in [1.54, 1.807) is 7.11 Å². The van der Waals surface area contributed by atoms with E-state index in [-0.39, 0.29) is 11.8 Å². The summed E-state index contributed by atoms with van der Waals surface area (Å²) in [6.45, 7) is 2.26. The molecule has 3 rings (SSSR count). The minimum absolute atomic E-state index is 0.106. The van der Waals surface area contributed by atoms with Crippen LogP contribution in [0.25, 0.3) is 0 Å². The predicted octanol–water partition coefficient (Wildman–Crippen LogP) is 3.38. The molecule has 1 N–H and O–H groups in total. The Kier molecular flexibility index (Phi) is 7.37. The SMILES string of the molecule is COc1ccc(CCNC(=O)c2ccccc2SCC(=O)N2CCCC2)cc1. The molecule has 0 aliphatic carbocycles. The van der Waals surface area contributed by atoms with Crippen LogP contribution in [0, 0.1) is 0 Å². The Morgan fingerprint density at radius 2 is 1.79 bits per heavy atom. The van der Waals surface area contributed by atoms with Gasteiger partial charge < -0.3 is 15.0 Å². The number of nitrogens with one attached hydrogen (secondary N) is 1. The second-order valence-electron chi connectivity index (χ2n) is 6.73. The lowest BCUT2D eigenvalue weighted by Gasteiger charge is -2.15. The second-order valence-corrected chi connectivity index (χ2v) is 7.74. The number of rotatable bonds is 8. The maximum atomic E-state index is 12.6. The van der Waals surface area contributed by atoms with Crippen LogP contribution in [0.15, 0.2) is 53.4 Å². The average Bonchev–Trinajstić information content (AvgIpc) is 3.27. The number of hydrogen-bond acceptors (Lipinski definition) is 4. The van der Waals surface area contributed by atoms with Crippen LogP contribution in [-0.4, -0.2) is 49.2 Å². The van der Waals surface area contributed by atoms with Crippen LogP contribution in [0.5, 0.6) is 5.75 Å².